The van der Waals surface area contributed by atoms with Crippen molar-refractivity contribution in [3.05, 3.63) is 35.4 Å². The van der Waals surface area contributed by atoms with E-state index in [-0.39, 0.29) is 11.8 Å². The lowest BCUT2D eigenvalue weighted by molar-refractivity contribution is -0.121. The Morgan fingerprint density at radius 2 is 1.96 bits per heavy atom. The van der Waals surface area contributed by atoms with E-state index >= 15 is 0 Å². The van der Waals surface area contributed by atoms with E-state index in [1.165, 1.54) is 11.1 Å². The fourth-order valence-electron chi connectivity index (χ4n) is 3.02. The molecule has 1 fully saturated rings. The fourth-order valence-corrected chi connectivity index (χ4v) is 3.02. The number of rotatable bonds is 8. The highest BCUT2D eigenvalue weighted by atomic mass is 16.1. The van der Waals surface area contributed by atoms with Crippen LogP contribution >= 0.6 is 0 Å². The van der Waals surface area contributed by atoms with Crippen molar-refractivity contribution in [1.82, 2.24) is 15.5 Å². The van der Waals surface area contributed by atoms with Crippen LogP contribution in [0.4, 0.5) is 0 Å². The molecule has 1 heterocycles. The maximum absolute atomic E-state index is 12.1. The second-order valence-electron chi connectivity index (χ2n) is 6.50. The summed E-state index contributed by atoms with van der Waals surface area (Å²) in [5.41, 5.74) is 2.59. The largest absolute Gasteiger partial charge is 0.356 e. The van der Waals surface area contributed by atoms with E-state index in [4.69, 9.17) is 0 Å². The minimum Gasteiger partial charge on any atom is -0.356 e. The highest BCUT2D eigenvalue weighted by molar-refractivity contribution is 5.76. The Hall–Kier alpha value is -1.39. The Labute approximate surface area is 140 Å². The lowest BCUT2D eigenvalue weighted by atomic mass is 9.96. The summed E-state index contributed by atoms with van der Waals surface area (Å²) in [4.78, 5) is 14.5. The van der Waals surface area contributed by atoms with E-state index in [1.807, 2.05) is 0 Å². The van der Waals surface area contributed by atoms with Gasteiger partial charge in [0.15, 0.2) is 0 Å². The molecule has 0 saturated carbocycles. The smallest absolute Gasteiger partial charge is 0.220 e. The number of piperazine rings is 1. The first kappa shape index (κ1) is 18.0. The summed E-state index contributed by atoms with van der Waals surface area (Å²) >= 11 is 0. The number of hydrogen-bond acceptors (Lipinski definition) is 3. The van der Waals surface area contributed by atoms with Gasteiger partial charge in [0.1, 0.15) is 0 Å². The van der Waals surface area contributed by atoms with Gasteiger partial charge in [-0.2, -0.15) is 0 Å². The van der Waals surface area contributed by atoms with E-state index in [2.05, 4.69) is 53.6 Å². The first-order chi connectivity index (χ1) is 11.2. The molecular weight excluding hydrogens is 286 g/mol. The van der Waals surface area contributed by atoms with Gasteiger partial charge in [0.2, 0.25) is 5.91 Å². The predicted molar refractivity (Wildman–Crippen MR) is 95.8 cm³/mol. The average molecular weight is 317 g/mol. The molecule has 1 amide bonds. The molecule has 4 heteroatoms. The molecule has 1 aromatic rings. The molecule has 0 aromatic heterocycles. The zero-order valence-electron chi connectivity index (χ0n) is 14.6. The third-order valence-corrected chi connectivity index (χ3v) is 4.63. The van der Waals surface area contributed by atoms with Crippen LogP contribution in [0, 0.1) is 0 Å². The molecule has 1 unspecified atom stereocenters. The van der Waals surface area contributed by atoms with Gasteiger partial charge in [-0.1, -0.05) is 38.1 Å². The summed E-state index contributed by atoms with van der Waals surface area (Å²) in [6.07, 6.45) is 2.66. The van der Waals surface area contributed by atoms with Gasteiger partial charge in [0.25, 0.3) is 0 Å². The standard InChI is InChI=1S/C19H31N3O/c1-3-17-5-7-18(8-6-17)16(2)15-19(23)21-9-4-12-22-13-10-20-11-14-22/h5-8,16,20H,3-4,9-15H2,1-2H3,(H,21,23). The second kappa shape index (κ2) is 9.68. The molecule has 0 bridgehead atoms. The van der Waals surface area contributed by atoms with Crippen LogP contribution in [0.3, 0.4) is 0 Å². The SMILES string of the molecule is CCc1ccc(C(C)CC(=O)NCCCN2CCNCC2)cc1. The molecule has 4 nitrogen and oxygen atoms in total. The summed E-state index contributed by atoms with van der Waals surface area (Å²) in [6, 6.07) is 8.64. The zero-order chi connectivity index (χ0) is 16.5. The molecule has 0 spiro atoms. The van der Waals surface area contributed by atoms with E-state index in [9.17, 15) is 4.79 Å². The third kappa shape index (κ3) is 6.32. The predicted octanol–water partition coefficient (Wildman–Crippen LogP) is 2.15. The number of carbonyl (C=O) groups is 1. The Morgan fingerprint density at radius 1 is 1.26 bits per heavy atom. The second-order valence-corrected chi connectivity index (χ2v) is 6.50. The quantitative estimate of drug-likeness (QED) is 0.722. The molecule has 2 N–H and O–H groups in total. The van der Waals surface area contributed by atoms with Crippen LogP contribution in [0.5, 0.6) is 0 Å². The van der Waals surface area contributed by atoms with Crippen molar-refractivity contribution in [1.29, 1.82) is 0 Å². The number of carbonyl (C=O) groups excluding carboxylic acids is 1. The topological polar surface area (TPSA) is 44.4 Å². The third-order valence-electron chi connectivity index (χ3n) is 4.63. The van der Waals surface area contributed by atoms with Gasteiger partial charge in [-0.15, -0.1) is 0 Å². The van der Waals surface area contributed by atoms with Crippen LogP contribution in [-0.4, -0.2) is 50.1 Å². The van der Waals surface area contributed by atoms with Gasteiger partial charge < -0.3 is 15.5 Å². The number of aryl methyl sites for hydroxylation is 1. The number of benzene rings is 1. The lowest BCUT2D eigenvalue weighted by Gasteiger charge is -2.27. The number of hydrogen-bond donors (Lipinski definition) is 2. The molecule has 1 aliphatic rings. The number of nitrogens with one attached hydrogen (secondary N) is 2. The summed E-state index contributed by atoms with van der Waals surface area (Å²) < 4.78 is 0. The first-order valence-corrected chi connectivity index (χ1v) is 8.97. The van der Waals surface area contributed by atoms with Crippen molar-refractivity contribution in [2.45, 2.75) is 39.0 Å². The molecule has 0 aliphatic carbocycles. The van der Waals surface area contributed by atoms with Crippen molar-refractivity contribution in [2.24, 2.45) is 0 Å². The fraction of sp³-hybridized carbons (Fsp3) is 0.632. The summed E-state index contributed by atoms with van der Waals surface area (Å²) in [6.45, 7) is 10.6. The normalized spacial score (nSPS) is 17.0. The Bertz CT molecular complexity index is 466. The van der Waals surface area contributed by atoms with Crippen LogP contribution < -0.4 is 10.6 Å². The van der Waals surface area contributed by atoms with E-state index in [1.54, 1.807) is 0 Å². The summed E-state index contributed by atoms with van der Waals surface area (Å²) in [5.74, 6) is 0.437. The molecule has 1 atom stereocenters. The summed E-state index contributed by atoms with van der Waals surface area (Å²) in [5, 5.41) is 6.42. The Balaban J connectivity index is 1.63. The van der Waals surface area contributed by atoms with Crippen molar-refractivity contribution in [2.75, 3.05) is 39.3 Å². The van der Waals surface area contributed by atoms with Gasteiger partial charge in [-0.3, -0.25) is 4.79 Å². The van der Waals surface area contributed by atoms with Crippen molar-refractivity contribution >= 4 is 5.91 Å². The number of nitrogens with zero attached hydrogens (tertiary/aromatic N) is 1. The maximum atomic E-state index is 12.1. The molecule has 1 aliphatic heterocycles. The molecule has 1 saturated heterocycles. The minimum atomic E-state index is 0.164. The maximum Gasteiger partial charge on any atom is 0.220 e. The minimum absolute atomic E-state index is 0.164. The Morgan fingerprint density at radius 3 is 2.61 bits per heavy atom. The summed E-state index contributed by atoms with van der Waals surface area (Å²) in [7, 11) is 0. The molecule has 128 valence electrons. The Kier molecular flexibility index (Phi) is 7.56. The van der Waals surface area contributed by atoms with Gasteiger partial charge >= 0.3 is 0 Å². The van der Waals surface area contributed by atoms with E-state index in [0.717, 1.165) is 52.1 Å². The average Bonchev–Trinajstić information content (AvgIpc) is 2.59. The van der Waals surface area contributed by atoms with E-state index in [0.29, 0.717) is 6.42 Å². The molecule has 1 aromatic carbocycles. The van der Waals surface area contributed by atoms with Crippen LogP contribution in [0.1, 0.15) is 43.7 Å². The van der Waals surface area contributed by atoms with Gasteiger partial charge in [0, 0.05) is 39.1 Å². The molecule has 23 heavy (non-hydrogen) atoms. The highest BCUT2D eigenvalue weighted by Crippen LogP contribution is 2.19. The molecule has 0 radical (unpaired) electrons. The first-order valence-electron chi connectivity index (χ1n) is 8.97. The van der Waals surface area contributed by atoms with Gasteiger partial charge in [0.05, 0.1) is 0 Å². The zero-order valence-corrected chi connectivity index (χ0v) is 14.6. The number of amides is 1. The van der Waals surface area contributed by atoms with Gasteiger partial charge in [-0.25, -0.2) is 0 Å². The van der Waals surface area contributed by atoms with Crippen LogP contribution in [0.15, 0.2) is 24.3 Å². The van der Waals surface area contributed by atoms with E-state index < -0.39 is 0 Å². The van der Waals surface area contributed by atoms with Crippen LogP contribution in [0.25, 0.3) is 0 Å². The van der Waals surface area contributed by atoms with Crippen LogP contribution in [-0.2, 0) is 11.2 Å². The van der Waals surface area contributed by atoms with Crippen LogP contribution in [0.2, 0.25) is 0 Å². The van der Waals surface area contributed by atoms with Gasteiger partial charge in [-0.05, 0) is 36.4 Å². The van der Waals surface area contributed by atoms with Crippen molar-refractivity contribution in [3.63, 3.8) is 0 Å². The lowest BCUT2D eigenvalue weighted by Crippen LogP contribution is -2.44. The van der Waals surface area contributed by atoms with Crippen molar-refractivity contribution < 1.29 is 4.79 Å². The molecule has 2 rings (SSSR count). The molecular formula is C19H31N3O. The van der Waals surface area contributed by atoms with Crippen molar-refractivity contribution in [3.8, 4) is 0 Å². The monoisotopic (exact) mass is 317 g/mol. The highest BCUT2D eigenvalue weighted by Gasteiger charge is 2.12.